The maximum absolute atomic E-state index is 13.1. The lowest BCUT2D eigenvalue weighted by Crippen LogP contribution is -2.29. The van der Waals surface area contributed by atoms with Crippen LogP contribution in [0.3, 0.4) is 0 Å². The van der Waals surface area contributed by atoms with Crippen molar-refractivity contribution in [3.8, 4) is 22.5 Å². The van der Waals surface area contributed by atoms with Gasteiger partial charge < -0.3 is 24.5 Å². The molecule has 1 amide bonds. The Labute approximate surface area is 252 Å². The standard InChI is InChI=1S/C33H37N3O6S/c1-6-35(7-2)23-12-15-26-29(20-23)42-30-21-24(36(8-3)9-4)13-16-27(30)31(26)28-19-22(11-14-25(28)33(38)39)32(37)34-17-18-43(40,41)10-5/h10-16,19-21H,5-9,17-18H2,1-4H3,(H-,34,37,38,39). The Morgan fingerprint density at radius 1 is 0.977 bits per heavy atom. The van der Waals surface area contributed by atoms with Gasteiger partial charge in [-0.15, -0.1) is 0 Å². The molecule has 0 spiro atoms. The summed E-state index contributed by atoms with van der Waals surface area (Å²) < 4.78 is 32.2. The summed E-state index contributed by atoms with van der Waals surface area (Å²) in [5.74, 6) is -1.66. The van der Waals surface area contributed by atoms with Gasteiger partial charge in [0.25, 0.3) is 5.91 Å². The molecular weight excluding hydrogens is 566 g/mol. The second-order valence-corrected chi connectivity index (χ2v) is 12.1. The van der Waals surface area contributed by atoms with Crippen molar-refractivity contribution < 1.29 is 27.5 Å². The molecule has 2 aromatic rings. The Hall–Kier alpha value is -4.44. The number of nitrogens with zero attached hydrogens (tertiary/aromatic N) is 2. The molecule has 43 heavy (non-hydrogen) atoms. The normalized spacial score (nSPS) is 11.4. The number of carbonyl (C=O) groups is 2. The zero-order valence-electron chi connectivity index (χ0n) is 25.0. The highest BCUT2D eigenvalue weighted by molar-refractivity contribution is 7.94. The number of hydrogen-bond acceptors (Lipinski definition) is 7. The van der Waals surface area contributed by atoms with Crippen LogP contribution in [0, 0.1) is 0 Å². The van der Waals surface area contributed by atoms with Crippen LogP contribution < -0.4 is 25.3 Å². The SMILES string of the molecule is C=CS(=O)(=O)CCNC(=O)c1ccc(C(=O)[O-])c(-c2c3ccc(=[N+](CC)CC)cc-3oc3cc(N(CC)CC)ccc23)c1. The molecule has 4 rings (SSSR count). The van der Waals surface area contributed by atoms with Crippen LogP contribution in [0.1, 0.15) is 48.4 Å². The van der Waals surface area contributed by atoms with Crippen molar-refractivity contribution in [2.75, 3.05) is 43.4 Å². The second-order valence-electron chi connectivity index (χ2n) is 10.0. The molecular formula is C33H37N3O6S. The lowest BCUT2D eigenvalue weighted by molar-refractivity contribution is -0.254. The molecule has 0 atom stereocenters. The Kier molecular flexibility index (Phi) is 9.70. The maximum atomic E-state index is 13.1. The van der Waals surface area contributed by atoms with E-state index in [2.05, 4.69) is 49.1 Å². The van der Waals surface area contributed by atoms with Gasteiger partial charge in [-0.3, -0.25) is 4.79 Å². The van der Waals surface area contributed by atoms with Crippen LogP contribution in [0.15, 0.2) is 71.0 Å². The van der Waals surface area contributed by atoms with E-state index in [9.17, 15) is 23.1 Å². The molecule has 1 heterocycles. The van der Waals surface area contributed by atoms with Crippen LogP contribution in [0.5, 0.6) is 0 Å². The van der Waals surface area contributed by atoms with E-state index >= 15 is 0 Å². The third kappa shape index (κ3) is 6.64. The van der Waals surface area contributed by atoms with E-state index in [1.165, 1.54) is 18.2 Å². The smallest absolute Gasteiger partial charge is 0.251 e. The third-order valence-corrected chi connectivity index (χ3v) is 8.92. The molecule has 0 bridgehead atoms. The zero-order chi connectivity index (χ0) is 31.3. The Morgan fingerprint density at radius 3 is 2.33 bits per heavy atom. The number of anilines is 1. The fraction of sp³-hybridized carbons (Fsp3) is 0.303. The molecule has 0 saturated heterocycles. The van der Waals surface area contributed by atoms with Gasteiger partial charge in [-0.1, -0.05) is 12.6 Å². The van der Waals surface area contributed by atoms with Gasteiger partial charge in [0, 0.05) is 70.5 Å². The average molecular weight is 604 g/mol. The van der Waals surface area contributed by atoms with Crippen LogP contribution in [0.25, 0.3) is 33.4 Å². The molecule has 2 aromatic carbocycles. The van der Waals surface area contributed by atoms with E-state index in [1.54, 1.807) is 0 Å². The van der Waals surface area contributed by atoms with E-state index in [4.69, 9.17) is 4.42 Å². The molecule has 0 aromatic heterocycles. The minimum absolute atomic E-state index is 0.0831. The van der Waals surface area contributed by atoms with Gasteiger partial charge in [-0.2, -0.15) is 0 Å². The predicted octanol–water partition coefficient (Wildman–Crippen LogP) is 3.51. The van der Waals surface area contributed by atoms with Gasteiger partial charge in [0.15, 0.2) is 9.84 Å². The highest BCUT2D eigenvalue weighted by Crippen LogP contribution is 2.42. The number of benzene rings is 3. The Morgan fingerprint density at radius 2 is 1.70 bits per heavy atom. The summed E-state index contributed by atoms with van der Waals surface area (Å²) in [7, 11) is -3.50. The minimum Gasteiger partial charge on any atom is -0.545 e. The third-order valence-electron chi connectivity index (χ3n) is 7.64. The van der Waals surface area contributed by atoms with E-state index in [1.807, 2.05) is 36.4 Å². The Bertz CT molecular complexity index is 1830. The number of sulfone groups is 1. The number of carbonyl (C=O) groups excluding carboxylic acids is 2. The lowest BCUT2D eigenvalue weighted by atomic mass is 9.89. The average Bonchev–Trinajstić information content (AvgIpc) is 3.00. The summed E-state index contributed by atoms with van der Waals surface area (Å²) in [5.41, 5.74) is 3.19. The van der Waals surface area contributed by atoms with Crippen molar-refractivity contribution in [1.29, 1.82) is 0 Å². The fourth-order valence-electron chi connectivity index (χ4n) is 5.29. The summed E-state index contributed by atoms with van der Waals surface area (Å²) in [5, 5.41) is 17.5. The van der Waals surface area contributed by atoms with E-state index in [0.29, 0.717) is 33.4 Å². The molecule has 0 saturated carbocycles. The zero-order valence-corrected chi connectivity index (χ0v) is 25.8. The highest BCUT2D eigenvalue weighted by Gasteiger charge is 2.23. The van der Waals surface area contributed by atoms with Crippen LogP contribution in [0.2, 0.25) is 0 Å². The van der Waals surface area contributed by atoms with Gasteiger partial charge in [0.05, 0.1) is 17.8 Å². The number of carboxylic acid groups (broad SMARTS) is 1. The molecule has 0 radical (unpaired) electrons. The quantitative estimate of drug-likeness (QED) is 0.194. The van der Waals surface area contributed by atoms with E-state index in [-0.39, 0.29) is 23.4 Å². The van der Waals surface area contributed by atoms with Gasteiger partial charge in [-0.25, -0.2) is 13.0 Å². The van der Waals surface area contributed by atoms with Crippen molar-refractivity contribution in [3.63, 3.8) is 0 Å². The first-order chi connectivity index (χ1) is 20.6. The monoisotopic (exact) mass is 603 g/mol. The summed E-state index contributed by atoms with van der Waals surface area (Å²) in [4.78, 5) is 27.6. The molecule has 1 aliphatic heterocycles. The van der Waals surface area contributed by atoms with Gasteiger partial charge in [0.2, 0.25) is 5.36 Å². The van der Waals surface area contributed by atoms with Crippen LogP contribution in [-0.4, -0.2) is 58.8 Å². The molecule has 9 nitrogen and oxygen atoms in total. The van der Waals surface area contributed by atoms with Crippen molar-refractivity contribution in [2.24, 2.45) is 0 Å². The highest BCUT2D eigenvalue weighted by atomic mass is 32.2. The summed E-state index contributed by atoms with van der Waals surface area (Å²) in [6.07, 6.45) is 0. The summed E-state index contributed by atoms with van der Waals surface area (Å²) >= 11 is 0. The summed E-state index contributed by atoms with van der Waals surface area (Å²) in [6.45, 7) is 14.7. The van der Waals surface area contributed by atoms with Crippen molar-refractivity contribution in [2.45, 2.75) is 27.7 Å². The van der Waals surface area contributed by atoms with Crippen molar-refractivity contribution >= 4 is 38.4 Å². The molecule has 0 unspecified atom stereocenters. The van der Waals surface area contributed by atoms with Crippen LogP contribution >= 0.6 is 0 Å². The molecule has 1 aliphatic carbocycles. The van der Waals surface area contributed by atoms with Gasteiger partial charge in [-0.05, 0) is 63.6 Å². The number of fused-ring (bicyclic) bond motifs is 2. The number of amides is 1. The topological polar surface area (TPSA) is 123 Å². The molecule has 0 fully saturated rings. The number of hydrogen-bond donors (Lipinski definition) is 1. The largest absolute Gasteiger partial charge is 0.545 e. The van der Waals surface area contributed by atoms with Crippen molar-refractivity contribution in [1.82, 2.24) is 9.89 Å². The van der Waals surface area contributed by atoms with Crippen LogP contribution in [-0.2, 0) is 9.84 Å². The summed E-state index contributed by atoms with van der Waals surface area (Å²) in [6, 6.07) is 15.9. The molecule has 2 aliphatic rings. The predicted molar refractivity (Wildman–Crippen MR) is 169 cm³/mol. The minimum atomic E-state index is -3.50. The van der Waals surface area contributed by atoms with Gasteiger partial charge >= 0.3 is 0 Å². The number of aromatic carboxylic acids is 1. The lowest BCUT2D eigenvalue weighted by Gasteiger charge is -2.23. The number of carboxylic acids is 1. The number of nitrogens with one attached hydrogen (secondary N) is 1. The van der Waals surface area contributed by atoms with Crippen LogP contribution in [0.4, 0.5) is 5.69 Å². The molecule has 10 heteroatoms. The van der Waals surface area contributed by atoms with E-state index in [0.717, 1.165) is 42.6 Å². The van der Waals surface area contributed by atoms with E-state index < -0.39 is 21.7 Å². The van der Waals surface area contributed by atoms with Gasteiger partial charge in [0.1, 0.15) is 24.4 Å². The first-order valence-corrected chi connectivity index (χ1v) is 16.1. The first kappa shape index (κ1) is 31.5. The number of rotatable bonds is 12. The first-order valence-electron chi connectivity index (χ1n) is 14.4. The molecule has 226 valence electrons. The maximum Gasteiger partial charge on any atom is 0.251 e. The second kappa shape index (κ2) is 13.2. The fourth-order valence-corrected chi connectivity index (χ4v) is 5.84. The molecule has 1 N–H and O–H groups in total. The Balaban J connectivity index is 2.00. The van der Waals surface area contributed by atoms with Crippen molar-refractivity contribution in [3.05, 3.63) is 83.1 Å².